The molecule has 3 aromatic rings. The molecular formula is C34H41F2N5O4S. The molecule has 2 fully saturated rings. The summed E-state index contributed by atoms with van der Waals surface area (Å²) in [7, 11) is -4.17. The van der Waals surface area contributed by atoms with Crippen molar-refractivity contribution in [1.29, 1.82) is 0 Å². The van der Waals surface area contributed by atoms with Crippen molar-refractivity contribution < 1.29 is 26.7 Å². The summed E-state index contributed by atoms with van der Waals surface area (Å²) in [5.74, 6) is -2.71. The second-order valence-corrected chi connectivity index (χ2v) is 15.0. The number of hydrogen-bond donors (Lipinski definition) is 1. The number of fused-ring (bicyclic) bond motifs is 6. The van der Waals surface area contributed by atoms with Crippen LogP contribution in [0.2, 0.25) is 0 Å². The van der Waals surface area contributed by atoms with Crippen molar-refractivity contribution in [2.75, 3.05) is 24.4 Å². The third kappa shape index (κ3) is 6.88. The molecule has 6 rings (SSSR count). The molecule has 6 bridgehead atoms. The number of anilines is 1. The maximum atomic E-state index is 14.3. The number of carbonyl (C=O) groups excluding carboxylic acids is 1. The van der Waals surface area contributed by atoms with Crippen molar-refractivity contribution in [3.05, 3.63) is 65.2 Å². The Kier molecular flexibility index (Phi) is 8.79. The Balaban J connectivity index is 1.49. The molecule has 3 heterocycles. The van der Waals surface area contributed by atoms with E-state index in [0.717, 1.165) is 16.7 Å². The molecule has 246 valence electrons. The van der Waals surface area contributed by atoms with Gasteiger partial charge in [0.2, 0.25) is 17.8 Å². The summed E-state index contributed by atoms with van der Waals surface area (Å²) in [4.78, 5) is 27.3. The molecule has 0 unspecified atom stereocenters. The van der Waals surface area contributed by atoms with Gasteiger partial charge in [-0.25, -0.2) is 26.9 Å². The fraction of sp³-hybridized carbons (Fsp3) is 0.500. The summed E-state index contributed by atoms with van der Waals surface area (Å²) in [6.45, 7) is 9.21. The van der Waals surface area contributed by atoms with Crippen LogP contribution in [-0.4, -0.2) is 77.8 Å². The molecule has 3 aliphatic rings. The Bertz CT molecular complexity index is 1700. The molecule has 1 N–H and O–H groups in total. The Morgan fingerprint density at radius 3 is 2.39 bits per heavy atom. The number of amides is 1. The van der Waals surface area contributed by atoms with E-state index in [4.69, 9.17) is 4.74 Å². The Morgan fingerprint density at radius 1 is 1.00 bits per heavy atom. The Labute approximate surface area is 269 Å². The largest absolute Gasteiger partial charge is 0.471 e. The number of nitrogens with one attached hydrogen (secondary N) is 1. The fourth-order valence-electron chi connectivity index (χ4n) is 7.08. The molecule has 12 heteroatoms. The van der Waals surface area contributed by atoms with E-state index in [1.165, 1.54) is 12.1 Å². The maximum Gasteiger partial charge on any atom is 0.264 e. The lowest BCUT2D eigenvalue weighted by Crippen LogP contribution is -2.48. The van der Waals surface area contributed by atoms with Crippen LogP contribution in [0.5, 0.6) is 5.88 Å². The zero-order valence-corrected chi connectivity index (χ0v) is 27.5. The minimum absolute atomic E-state index is 0.0735. The molecule has 0 spiro atoms. The number of nitrogens with zero attached hydrogens (tertiary/aromatic N) is 4. The van der Waals surface area contributed by atoms with E-state index in [1.807, 2.05) is 32.0 Å². The van der Waals surface area contributed by atoms with Crippen LogP contribution in [0.3, 0.4) is 0 Å². The van der Waals surface area contributed by atoms with Crippen LogP contribution in [0.4, 0.5) is 14.7 Å². The fourth-order valence-corrected chi connectivity index (χ4v) is 8.07. The second kappa shape index (κ2) is 12.5. The molecule has 1 saturated carbocycles. The van der Waals surface area contributed by atoms with Crippen LogP contribution in [0.15, 0.2) is 53.4 Å². The molecule has 0 radical (unpaired) electrons. The lowest BCUT2D eigenvalue weighted by atomic mass is 9.90. The quantitative estimate of drug-likeness (QED) is 0.364. The van der Waals surface area contributed by atoms with Crippen LogP contribution < -0.4 is 9.46 Å². The van der Waals surface area contributed by atoms with Crippen LogP contribution in [-0.2, 0) is 10.0 Å². The third-order valence-corrected chi connectivity index (χ3v) is 10.6. The SMILES string of the molecule is Cc1cccc(C)c1-c1cc2nc(n1)NS(=O)(=O)c1cccc(c1)C(=O)N1C[C@@H](CN(C3CCC(F)(F)CC3)C[C@H]1CC(C)C)O2. The lowest BCUT2D eigenvalue weighted by molar-refractivity contribution is -0.0561. The summed E-state index contributed by atoms with van der Waals surface area (Å²) in [5, 5.41) is 0. The minimum Gasteiger partial charge on any atom is -0.471 e. The van der Waals surface area contributed by atoms with Crippen LogP contribution >= 0.6 is 0 Å². The third-order valence-electron chi connectivity index (χ3n) is 9.28. The van der Waals surface area contributed by atoms with Gasteiger partial charge in [0.25, 0.3) is 15.9 Å². The van der Waals surface area contributed by atoms with E-state index in [9.17, 15) is 22.0 Å². The highest BCUT2D eigenvalue weighted by Gasteiger charge is 2.41. The van der Waals surface area contributed by atoms with Crippen molar-refractivity contribution in [1.82, 2.24) is 19.8 Å². The molecule has 2 aromatic carbocycles. The lowest BCUT2D eigenvalue weighted by Gasteiger charge is -2.39. The molecule has 2 atom stereocenters. The van der Waals surface area contributed by atoms with E-state index in [2.05, 4.69) is 33.4 Å². The first-order chi connectivity index (χ1) is 21.8. The van der Waals surface area contributed by atoms with Crippen LogP contribution in [0.25, 0.3) is 11.3 Å². The molecular weight excluding hydrogens is 612 g/mol. The standard InChI is InChI=1S/C34H41F2N5O4S/c1-21(2)15-26-18-40(25-11-13-34(35,36)14-12-25)19-27-20-41(26)32(42)24-9-6-10-28(16-24)46(43,44)39-33-37-29(17-30(38-33)45-27)31-22(3)7-5-8-23(31)4/h5-10,16-17,21,25-27H,11-15,18-20H2,1-4H3,(H,37,38,39)/t26-,27-/m1/s1. The van der Waals surface area contributed by atoms with E-state index < -0.39 is 22.0 Å². The predicted molar refractivity (Wildman–Crippen MR) is 172 cm³/mol. The molecule has 1 saturated heterocycles. The van der Waals surface area contributed by atoms with Gasteiger partial charge in [0, 0.05) is 55.2 Å². The van der Waals surface area contributed by atoms with Gasteiger partial charge in [0.05, 0.1) is 17.1 Å². The van der Waals surface area contributed by atoms with Crippen molar-refractivity contribution >= 4 is 21.9 Å². The first-order valence-electron chi connectivity index (χ1n) is 16.0. The number of benzene rings is 2. The minimum atomic E-state index is -4.17. The second-order valence-electron chi connectivity index (χ2n) is 13.3. The highest BCUT2D eigenvalue weighted by molar-refractivity contribution is 7.92. The van der Waals surface area contributed by atoms with E-state index >= 15 is 0 Å². The maximum absolute atomic E-state index is 14.3. The van der Waals surface area contributed by atoms with E-state index in [0.29, 0.717) is 38.0 Å². The number of aromatic nitrogens is 2. The van der Waals surface area contributed by atoms with Crippen molar-refractivity contribution in [2.24, 2.45) is 5.92 Å². The number of ether oxygens (including phenoxy) is 1. The number of aryl methyl sites for hydroxylation is 2. The molecule has 9 nitrogen and oxygen atoms in total. The zero-order valence-electron chi connectivity index (χ0n) is 26.7. The van der Waals surface area contributed by atoms with Gasteiger partial charge < -0.3 is 9.64 Å². The van der Waals surface area contributed by atoms with Gasteiger partial charge >= 0.3 is 0 Å². The average Bonchev–Trinajstić information content (AvgIpc) is 3.15. The average molecular weight is 654 g/mol. The van der Waals surface area contributed by atoms with Crippen LogP contribution in [0.1, 0.15) is 67.4 Å². The van der Waals surface area contributed by atoms with Crippen LogP contribution in [0, 0.1) is 19.8 Å². The number of halogens is 2. The highest BCUT2D eigenvalue weighted by atomic mass is 32.2. The number of carbonyl (C=O) groups is 1. The van der Waals surface area contributed by atoms with Gasteiger partial charge in [0.15, 0.2) is 0 Å². The van der Waals surface area contributed by atoms with Crippen molar-refractivity contribution in [3.63, 3.8) is 0 Å². The Morgan fingerprint density at radius 2 is 1.70 bits per heavy atom. The predicted octanol–water partition coefficient (Wildman–Crippen LogP) is 6.07. The smallest absolute Gasteiger partial charge is 0.264 e. The topological polar surface area (TPSA) is 105 Å². The van der Waals surface area contributed by atoms with Gasteiger partial charge in [-0.2, -0.15) is 4.98 Å². The molecule has 2 aliphatic heterocycles. The van der Waals surface area contributed by atoms with Gasteiger partial charge in [0.1, 0.15) is 6.10 Å². The molecule has 46 heavy (non-hydrogen) atoms. The summed E-state index contributed by atoms with van der Waals surface area (Å²) < 4.78 is 64.7. The van der Waals surface area contributed by atoms with Gasteiger partial charge in [-0.3, -0.25) is 9.69 Å². The van der Waals surface area contributed by atoms with Crippen molar-refractivity contribution in [3.8, 4) is 17.1 Å². The van der Waals surface area contributed by atoms with Crippen molar-refractivity contribution in [2.45, 2.75) is 88.8 Å². The first kappa shape index (κ1) is 32.3. The van der Waals surface area contributed by atoms with Gasteiger partial charge in [-0.05, 0) is 68.4 Å². The normalized spacial score (nSPS) is 23.4. The van der Waals surface area contributed by atoms with E-state index in [1.54, 1.807) is 23.1 Å². The summed E-state index contributed by atoms with van der Waals surface area (Å²) in [6, 6.07) is 13.2. The summed E-state index contributed by atoms with van der Waals surface area (Å²) >= 11 is 0. The molecule has 1 aliphatic carbocycles. The molecule has 1 amide bonds. The number of alkyl halides is 2. The highest BCUT2D eigenvalue weighted by Crippen LogP contribution is 2.37. The summed E-state index contributed by atoms with van der Waals surface area (Å²) in [6.07, 6.45) is 0.501. The van der Waals surface area contributed by atoms with Gasteiger partial charge in [-0.15, -0.1) is 0 Å². The number of rotatable bonds is 4. The monoisotopic (exact) mass is 653 g/mol. The van der Waals surface area contributed by atoms with E-state index in [-0.39, 0.29) is 65.6 Å². The van der Waals surface area contributed by atoms with Gasteiger partial charge in [-0.1, -0.05) is 38.1 Å². The molecule has 1 aromatic heterocycles. The zero-order chi connectivity index (χ0) is 32.8. The Hall–Kier alpha value is -3.64. The first-order valence-corrected chi connectivity index (χ1v) is 17.4. The number of hydrogen-bond acceptors (Lipinski definition) is 7. The number of sulfonamides is 1. The summed E-state index contributed by atoms with van der Waals surface area (Å²) in [5.41, 5.74) is 3.47.